The molecule has 2 amide bonds. The van der Waals surface area contributed by atoms with Crippen LogP contribution >= 0.6 is 0 Å². The molecular weight excluding hydrogens is 182 g/mol. The van der Waals surface area contributed by atoms with Gasteiger partial charge in [0.2, 0.25) is 11.8 Å². The Morgan fingerprint density at radius 1 is 1.50 bits per heavy atom. The summed E-state index contributed by atoms with van der Waals surface area (Å²) in [5, 5.41) is 0. The Balaban J connectivity index is 2.41. The fourth-order valence-electron chi connectivity index (χ4n) is 1.57. The van der Waals surface area contributed by atoms with Crippen molar-refractivity contribution in [1.82, 2.24) is 4.90 Å². The molecule has 1 atom stereocenters. The molecule has 1 rings (SSSR count). The lowest BCUT2D eigenvalue weighted by Gasteiger charge is -2.13. The Hall–Kier alpha value is -1.19. The second-order valence-corrected chi connectivity index (χ2v) is 3.79. The van der Waals surface area contributed by atoms with Crippen LogP contribution in [0, 0.1) is 5.92 Å². The summed E-state index contributed by atoms with van der Waals surface area (Å²) in [7, 11) is 0. The lowest BCUT2D eigenvalue weighted by molar-refractivity contribution is -0.139. The van der Waals surface area contributed by atoms with Gasteiger partial charge in [0, 0.05) is 25.3 Å². The molecule has 1 aliphatic rings. The van der Waals surface area contributed by atoms with Crippen LogP contribution < -0.4 is 0 Å². The van der Waals surface area contributed by atoms with Crippen molar-refractivity contribution in [2.45, 2.75) is 33.1 Å². The van der Waals surface area contributed by atoms with E-state index in [1.165, 1.54) is 11.8 Å². The average Bonchev–Trinajstić information content (AvgIpc) is 2.31. The van der Waals surface area contributed by atoms with Gasteiger partial charge in [-0.05, 0) is 13.3 Å². The molecule has 0 aliphatic carbocycles. The van der Waals surface area contributed by atoms with E-state index in [1.54, 1.807) is 6.92 Å². The first kappa shape index (κ1) is 10.9. The number of nitrogens with zero attached hydrogens (tertiary/aromatic N) is 1. The maximum Gasteiger partial charge on any atom is 0.232 e. The highest BCUT2D eigenvalue weighted by molar-refractivity contribution is 6.03. The van der Waals surface area contributed by atoms with Crippen LogP contribution in [0.1, 0.15) is 33.1 Å². The summed E-state index contributed by atoms with van der Waals surface area (Å²) in [4.78, 5) is 34.6. The maximum atomic E-state index is 11.4. The number of ketones is 1. The quantitative estimate of drug-likeness (QED) is 0.625. The van der Waals surface area contributed by atoms with Gasteiger partial charge >= 0.3 is 0 Å². The fourth-order valence-corrected chi connectivity index (χ4v) is 1.57. The summed E-state index contributed by atoms with van der Waals surface area (Å²) >= 11 is 0. The zero-order chi connectivity index (χ0) is 10.7. The lowest BCUT2D eigenvalue weighted by Crippen LogP contribution is -2.31. The predicted molar refractivity (Wildman–Crippen MR) is 50.4 cm³/mol. The summed E-state index contributed by atoms with van der Waals surface area (Å²) in [6.45, 7) is 3.66. The molecule has 4 heteroatoms. The summed E-state index contributed by atoms with van der Waals surface area (Å²) in [5.74, 6) is -0.290. The van der Waals surface area contributed by atoms with Crippen LogP contribution in [0.15, 0.2) is 0 Å². The molecule has 0 aromatic rings. The summed E-state index contributed by atoms with van der Waals surface area (Å²) in [6.07, 6.45) is 1.34. The van der Waals surface area contributed by atoms with E-state index in [0.717, 1.165) is 0 Å². The van der Waals surface area contributed by atoms with Crippen LogP contribution in [0.2, 0.25) is 0 Å². The fraction of sp³-hybridized carbons (Fsp3) is 0.700. The standard InChI is InChI=1S/C10H15NO3/c1-7-6-9(13)11(10(7)14)5-3-4-8(2)12/h7H,3-6H2,1-2H3/t7-/m0/s1. The number of likely N-dealkylation sites (tertiary alicyclic amines) is 1. The number of hydrogen-bond donors (Lipinski definition) is 0. The molecular formula is C10H15NO3. The smallest absolute Gasteiger partial charge is 0.232 e. The van der Waals surface area contributed by atoms with E-state index in [-0.39, 0.29) is 23.5 Å². The SMILES string of the molecule is CC(=O)CCCN1C(=O)C[C@H](C)C1=O. The van der Waals surface area contributed by atoms with Crippen LogP contribution in [0.5, 0.6) is 0 Å². The molecule has 0 N–H and O–H groups in total. The number of Topliss-reactive ketones (excluding diaryl/α,β-unsaturated/α-hetero) is 1. The normalized spacial score (nSPS) is 21.9. The van der Waals surface area contributed by atoms with Gasteiger partial charge in [0.25, 0.3) is 0 Å². The van der Waals surface area contributed by atoms with Gasteiger partial charge < -0.3 is 4.79 Å². The van der Waals surface area contributed by atoms with Gasteiger partial charge in [-0.1, -0.05) is 6.92 Å². The topological polar surface area (TPSA) is 54.5 Å². The minimum Gasteiger partial charge on any atom is -0.300 e. The Kier molecular flexibility index (Phi) is 3.38. The van der Waals surface area contributed by atoms with E-state index in [0.29, 0.717) is 25.8 Å². The van der Waals surface area contributed by atoms with Crippen molar-refractivity contribution in [2.75, 3.05) is 6.54 Å². The van der Waals surface area contributed by atoms with Gasteiger partial charge in [-0.2, -0.15) is 0 Å². The van der Waals surface area contributed by atoms with E-state index in [1.807, 2.05) is 0 Å². The zero-order valence-corrected chi connectivity index (χ0v) is 8.58. The number of hydrogen-bond acceptors (Lipinski definition) is 3. The Bertz CT molecular complexity index is 273. The molecule has 1 fully saturated rings. The number of rotatable bonds is 4. The minimum absolute atomic E-state index is 0.0946. The third kappa shape index (κ3) is 2.40. The molecule has 0 aromatic heterocycles. The second-order valence-electron chi connectivity index (χ2n) is 3.79. The minimum atomic E-state index is -0.181. The second kappa shape index (κ2) is 4.35. The van der Waals surface area contributed by atoms with E-state index >= 15 is 0 Å². The molecule has 1 saturated heterocycles. The van der Waals surface area contributed by atoms with Crippen molar-refractivity contribution in [2.24, 2.45) is 5.92 Å². The van der Waals surface area contributed by atoms with Crippen LogP contribution in [0.3, 0.4) is 0 Å². The van der Waals surface area contributed by atoms with Gasteiger partial charge in [0.1, 0.15) is 5.78 Å². The molecule has 0 bridgehead atoms. The highest BCUT2D eigenvalue weighted by Crippen LogP contribution is 2.18. The van der Waals surface area contributed by atoms with Crippen molar-refractivity contribution < 1.29 is 14.4 Å². The van der Waals surface area contributed by atoms with Gasteiger partial charge in [0.05, 0.1) is 0 Å². The third-order valence-corrected chi connectivity index (χ3v) is 2.38. The number of carbonyl (C=O) groups excluding carboxylic acids is 3. The van der Waals surface area contributed by atoms with Crippen LogP contribution in [-0.4, -0.2) is 29.0 Å². The molecule has 4 nitrogen and oxygen atoms in total. The van der Waals surface area contributed by atoms with Crippen molar-refractivity contribution in [3.8, 4) is 0 Å². The molecule has 14 heavy (non-hydrogen) atoms. The monoisotopic (exact) mass is 197 g/mol. The summed E-state index contributed by atoms with van der Waals surface area (Å²) in [6, 6.07) is 0. The van der Waals surface area contributed by atoms with Crippen molar-refractivity contribution in [3.63, 3.8) is 0 Å². The Labute approximate surface area is 83.3 Å². The molecule has 0 radical (unpaired) electrons. The molecule has 0 saturated carbocycles. The van der Waals surface area contributed by atoms with Crippen LogP contribution in [0.4, 0.5) is 0 Å². The van der Waals surface area contributed by atoms with E-state index in [9.17, 15) is 14.4 Å². The van der Waals surface area contributed by atoms with E-state index in [4.69, 9.17) is 0 Å². The zero-order valence-electron chi connectivity index (χ0n) is 8.58. The van der Waals surface area contributed by atoms with Crippen molar-refractivity contribution in [3.05, 3.63) is 0 Å². The molecule has 1 heterocycles. The van der Waals surface area contributed by atoms with Gasteiger partial charge in [-0.3, -0.25) is 14.5 Å². The van der Waals surface area contributed by atoms with Gasteiger partial charge in [-0.25, -0.2) is 0 Å². The first-order valence-corrected chi connectivity index (χ1v) is 4.86. The van der Waals surface area contributed by atoms with Crippen molar-refractivity contribution >= 4 is 17.6 Å². The van der Waals surface area contributed by atoms with Gasteiger partial charge in [-0.15, -0.1) is 0 Å². The van der Waals surface area contributed by atoms with Crippen molar-refractivity contribution in [1.29, 1.82) is 0 Å². The summed E-state index contributed by atoms with van der Waals surface area (Å²) < 4.78 is 0. The van der Waals surface area contributed by atoms with E-state index in [2.05, 4.69) is 0 Å². The van der Waals surface area contributed by atoms with Gasteiger partial charge in [0.15, 0.2) is 0 Å². The number of imide groups is 1. The molecule has 0 unspecified atom stereocenters. The predicted octanol–water partition coefficient (Wildman–Crippen LogP) is 0.751. The number of carbonyl (C=O) groups is 3. The van der Waals surface area contributed by atoms with Crippen LogP contribution in [-0.2, 0) is 14.4 Å². The first-order valence-electron chi connectivity index (χ1n) is 4.86. The largest absolute Gasteiger partial charge is 0.300 e. The Morgan fingerprint density at radius 3 is 2.57 bits per heavy atom. The molecule has 0 spiro atoms. The summed E-state index contributed by atoms with van der Waals surface area (Å²) in [5.41, 5.74) is 0. The third-order valence-electron chi connectivity index (χ3n) is 2.38. The number of amides is 2. The first-order chi connectivity index (χ1) is 6.52. The van der Waals surface area contributed by atoms with E-state index < -0.39 is 0 Å². The lowest BCUT2D eigenvalue weighted by atomic mass is 10.1. The highest BCUT2D eigenvalue weighted by atomic mass is 16.2. The average molecular weight is 197 g/mol. The Morgan fingerprint density at radius 2 is 2.14 bits per heavy atom. The molecule has 0 aromatic carbocycles. The maximum absolute atomic E-state index is 11.4. The molecule has 78 valence electrons. The van der Waals surface area contributed by atoms with Crippen LogP contribution in [0.25, 0.3) is 0 Å². The molecule has 1 aliphatic heterocycles. The highest BCUT2D eigenvalue weighted by Gasteiger charge is 2.34.